The predicted molar refractivity (Wildman–Crippen MR) is 71.4 cm³/mol. The van der Waals surface area contributed by atoms with Gasteiger partial charge in [0.25, 0.3) is 0 Å². The van der Waals surface area contributed by atoms with E-state index in [2.05, 4.69) is 6.58 Å². The van der Waals surface area contributed by atoms with Gasteiger partial charge >= 0.3 is 0 Å². The number of phenolic OH excluding ortho intramolecular Hbond substituents is 3. The van der Waals surface area contributed by atoms with Crippen LogP contribution >= 0.6 is 0 Å². The topological polar surface area (TPSA) is 77.8 Å². The Bertz CT molecular complexity index is 636. The van der Waals surface area contributed by atoms with Gasteiger partial charge in [0, 0.05) is 11.1 Å². The number of benzene rings is 2. The van der Waals surface area contributed by atoms with Crippen molar-refractivity contribution in [2.75, 3.05) is 0 Å². The number of ketones is 1. The maximum atomic E-state index is 12.3. The fraction of sp³-hybridized carbons (Fsp3) is 0. The fourth-order valence-corrected chi connectivity index (χ4v) is 1.77. The van der Waals surface area contributed by atoms with Crippen molar-refractivity contribution in [3.63, 3.8) is 0 Å². The van der Waals surface area contributed by atoms with E-state index in [0.29, 0.717) is 11.1 Å². The molecule has 4 heteroatoms. The van der Waals surface area contributed by atoms with Gasteiger partial charge in [-0.05, 0) is 17.7 Å². The highest BCUT2D eigenvalue weighted by Gasteiger charge is 2.16. The molecule has 19 heavy (non-hydrogen) atoms. The second-order valence-corrected chi connectivity index (χ2v) is 3.98. The highest BCUT2D eigenvalue weighted by molar-refractivity contribution is 6.11. The monoisotopic (exact) mass is 256 g/mol. The molecule has 0 saturated heterocycles. The van der Waals surface area contributed by atoms with Crippen molar-refractivity contribution >= 4 is 11.9 Å². The van der Waals surface area contributed by atoms with Crippen LogP contribution in [0.15, 0.2) is 43.0 Å². The summed E-state index contributed by atoms with van der Waals surface area (Å²) < 4.78 is 0. The Morgan fingerprint density at radius 3 is 2.21 bits per heavy atom. The Labute approximate surface area is 109 Å². The summed E-state index contributed by atoms with van der Waals surface area (Å²) in [5, 5.41) is 28.1. The average molecular weight is 256 g/mol. The normalized spacial score (nSPS) is 10.1. The van der Waals surface area contributed by atoms with Gasteiger partial charge in [0.05, 0.1) is 0 Å². The summed E-state index contributed by atoms with van der Waals surface area (Å²) in [6.45, 7) is 3.63. The Morgan fingerprint density at radius 2 is 1.63 bits per heavy atom. The number of aromatic hydroxyl groups is 3. The van der Waals surface area contributed by atoms with Gasteiger partial charge in [-0.1, -0.05) is 36.9 Å². The molecule has 4 nitrogen and oxygen atoms in total. The first kappa shape index (κ1) is 12.7. The van der Waals surface area contributed by atoms with E-state index in [1.165, 1.54) is 0 Å². The van der Waals surface area contributed by atoms with E-state index in [1.807, 2.05) is 0 Å². The van der Waals surface area contributed by atoms with Crippen LogP contribution in [0, 0.1) is 0 Å². The van der Waals surface area contributed by atoms with E-state index in [9.17, 15) is 20.1 Å². The molecule has 0 aliphatic heterocycles. The number of carbonyl (C=O) groups is 1. The van der Waals surface area contributed by atoms with Crippen molar-refractivity contribution in [2.24, 2.45) is 0 Å². The minimum atomic E-state index is -0.645. The largest absolute Gasteiger partial charge is 0.504 e. The van der Waals surface area contributed by atoms with Crippen molar-refractivity contribution in [3.8, 4) is 17.2 Å². The van der Waals surface area contributed by atoms with Gasteiger partial charge < -0.3 is 15.3 Å². The summed E-state index contributed by atoms with van der Waals surface area (Å²) in [4.78, 5) is 12.3. The van der Waals surface area contributed by atoms with E-state index >= 15 is 0 Å². The molecule has 0 aliphatic carbocycles. The molecule has 0 fully saturated rings. The third-order valence-electron chi connectivity index (χ3n) is 2.76. The first-order valence-electron chi connectivity index (χ1n) is 5.55. The second kappa shape index (κ2) is 4.86. The molecule has 0 heterocycles. The molecule has 0 unspecified atom stereocenters. The van der Waals surface area contributed by atoms with Crippen LogP contribution in [-0.2, 0) is 0 Å². The van der Waals surface area contributed by atoms with Crippen molar-refractivity contribution in [3.05, 3.63) is 59.7 Å². The summed E-state index contributed by atoms with van der Waals surface area (Å²) >= 11 is 0. The molecule has 2 aromatic carbocycles. The number of phenols is 3. The molecule has 0 amide bonds. The second-order valence-electron chi connectivity index (χ2n) is 3.98. The van der Waals surface area contributed by atoms with Crippen molar-refractivity contribution in [1.29, 1.82) is 0 Å². The Kier molecular flexibility index (Phi) is 3.25. The summed E-state index contributed by atoms with van der Waals surface area (Å²) in [6, 6.07) is 9.06. The Morgan fingerprint density at radius 1 is 1.05 bits per heavy atom. The van der Waals surface area contributed by atoms with Gasteiger partial charge in [-0.3, -0.25) is 4.79 Å². The molecule has 0 aromatic heterocycles. The van der Waals surface area contributed by atoms with Gasteiger partial charge in [0.1, 0.15) is 0 Å². The summed E-state index contributed by atoms with van der Waals surface area (Å²) in [6.07, 6.45) is 1.55. The van der Waals surface area contributed by atoms with E-state index < -0.39 is 17.2 Å². The van der Waals surface area contributed by atoms with Crippen molar-refractivity contribution < 1.29 is 20.1 Å². The number of hydrogen-bond acceptors (Lipinski definition) is 4. The minimum Gasteiger partial charge on any atom is -0.504 e. The highest BCUT2D eigenvalue weighted by atomic mass is 16.3. The molecule has 0 spiro atoms. The molecule has 0 atom stereocenters. The maximum absolute atomic E-state index is 12.3. The molecule has 0 bridgehead atoms. The Hall–Kier alpha value is -2.75. The lowest BCUT2D eigenvalue weighted by Gasteiger charge is -2.07. The van der Waals surface area contributed by atoms with Crippen molar-refractivity contribution in [1.82, 2.24) is 0 Å². The third kappa shape index (κ3) is 2.28. The van der Waals surface area contributed by atoms with E-state index in [0.717, 1.165) is 12.1 Å². The summed E-state index contributed by atoms with van der Waals surface area (Å²) in [7, 11) is 0. The van der Waals surface area contributed by atoms with Gasteiger partial charge in [0.2, 0.25) is 0 Å². The van der Waals surface area contributed by atoms with Gasteiger partial charge in [0.15, 0.2) is 23.0 Å². The van der Waals surface area contributed by atoms with Crippen LogP contribution in [0.3, 0.4) is 0 Å². The molecule has 3 N–H and O–H groups in total. The first-order chi connectivity index (χ1) is 9.04. The molecular formula is C15H12O4. The van der Waals surface area contributed by atoms with Crippen LogP contribution in [-0.4, -0.2) is 21.1 Å². The maximum Gasteiger partial charge on any atom is 0.200 e. The molecule has 96 valence electrons. The zero-order chi connectivity index (χ0) is 14.0. The third-order valence-corrected chi connectivity index (χ3v) is 2.76. The predicted octanol–water partition coefficient (Wildman–Crippen LogP) is 2.68. The number of hydrogen-bond donors (Lipinski definition) is 3. The standard InChI is InChI=1S/C15H12O4/c1-2-9-5-3-4-6-11(9)14(18)10-7-12(16)15(19)13(17)8-10/h2-8,16-17,19H,1H2. The van der Waals surface area contributed by atoms with Gasteiger partial charge in [-0.2, -0.15) is 0 Å². The molecule has 0 saturated carbocycles. The summed E-state index contributed by atoms with van der Waals surface area (Å²) in [5.74, 6) is -2.10. The van der Waals surface area contributed by atoms with E-state index in [1.54, 1.807) is 30.3 Å². The first-order valence-corrected chi connectivity index (χ1v) is 5.55. The molecule has 2 aromatic rings. The van der Waals surface area contributed by atoms with Crippen LogP contribution < -0.4 is 0 Å². The van der Waals surface area contributed by atoms with E-state index in [4.69, 9.17) is 0 Å². The zero-order valence-electron chi connectivity index (χ0n) is 10.00. The molecule has 0 aliphatic rings. The molecule has 0 radical (unpaired) electrons. The van der Waals surface area contributed by atoms with E-state index in [-0.39, 0.29) is 11.3 Å². The number of carbonyl (C=O) groups excluding carboxylic acids is 1. The lowest BCUT2D eigenvalue weighted by atomic mass is 9.98. The smallest absolute Gasteiger partial charge is 0.200 e. The van der Waals surface area contributed by atoms with Crippen LogP contribution in [0.2, 0.25) is 0 Å². The zero-order valence-corrected chi connectivity index (χ0v) is 10.00. The molecular weight excluding hydrogens is 244 g/mol. The van der Waals surface area contributed by atoms with Crippen LogP contribution in [0.1, 0.15) is 21.5 Å². The summed E-state index contributed by atoms with van der Waals surface area (Å²) in [5.41, 5.74) is 1.14. The average Bonchev–Trinajstić information content (AvgIpc) is 2.43. The van der Waals surface area contributed by atoms with Crippen LogP contribution in [0.25, 0.3) is 6.08 Å². The molecule has 2 rings (SSSR count). The Balaban J connectivity index is 2.53. The number of rotatable bonds is 3. The SMILES string of the molecule is C=Cc1ccccc1C(=O)c1cc(O)c(O)c(O)c1. The highest BCUT2D eigenvalue weighted by Crippen LogP contribution is 2.36. The van der Waals surface area contributed by atoms with Crippen LogP contribution in [0.5, 0.6) is 17.2 Å². The van der Waals surface area contributed by atoms with Crippen molar-refractivity contribution in [2.45, 2.75) is 0 Å². The van der Waals surface area contributed by atoms with Gasteiger partial charge in [-0.15, -0.1) is 0 Å². The quantitative estimate of drug-likeness (QED) is 0.582. The fourth-order valence-electron chi connectivity index (χ4n) is 1.77. The van der Waals surface area contributed by atoms with Gasteiger partial charge in [-0.25, -0.2) is 0 Å². The lowest BCUT2D eigenvalue weighted by Crippen LogP contribution is -2.03. The van der Waals surface area contributed by atoms with Crippen LogP contribution in [0.4, 0.5) is 0 Å². The minimum absolute atomic E-state index is 0.0853. The lowest BCUT2D eigenvalue weighted by molar-refractivity contribution is 0.103.